The molecule has 0 saturated carbocycles. The van der Waals surface area contributed by atoms with Gasteiger partial charge in [0.05, 0.1) is 11.8 Å². The van der Waals surface area contributed by atoms with Crippen LogP contribution in [0.1, 0.15) is 32.1 Å². The van der Waals surface area contributed by atoms with Gasteiger partial charge in [-0.1, -0.05) is 53.4 Å². The average molecular weight is 436 g/mol. The number of hydrogen-bond donors (Lipinski definition) is 1. The quantitative estimate of drug-likeness (QED) is 0.338. The van der Waals surface area contributed by atoms with E-state index in [-0.39, 0.29) is 5.56 Å². The maximum atomic E-state index is 13.0. The molecule has 150 valence electrons. The van der Waals surface area contributed by atoms with E-state index in [1.165, 1.54) is 29.5 Å². The normalized spacial score (nSPS) is 11.7. The van der Waals surface area contributed by atoms with Gasteiger partial charge < -0.3 is 0 Å². The highest BCUT2D eigenvalue weighted by atomic mass is 32.2. The number of aromatic nitrogens is 2. The van der Waals surface area contributed by atoms with Gasteiger partial charge in [0, 0.05) is 16.9 Å². The number of carbonyl (C=O) groups is 1. The van der Waals surface area contributed by atoms with Gasteiger partial charge in [-0.3, -0.25) is 4.79 Å². The molecular weight excluding hydrogens is 421 g/mol. The Bertz CT molecular complexity index is 1020. The number of hydrazone groups is 1. The third-order valence-corrected chi connectivity index (χ3v) is 5.77. The lowest BCUT2D eigenvalue weighted by Crippen LogP contribution is -2.18. The summed E-state index contributed by atoms with van der Waals surface area (Å²) in [6.07, 6.45) is -3.51. The second-order valence-electron chi connectivity index (χ2n) is 5.86. The molecule has 0 atom stereocenters. The molecule has 0 radical (unpaired) electrons. The molecule has 0 aliphatic rings. The van der Waals surface area contributed by atoms with Crippen LogP contribution in [-0.4, -0.2) is 22.3 Å². The topological polar surface area (TPSA) is 67.2 Å². The van der Waals surface area contributed by atoms with Crippen molar-refractivity contribution in [3.05, 3.63) is 75.8 Å². The van der Waals surface area contributed by atoms with Gasteiger partial charge in [-0.05, 0) is 30.7 Å². The van der Waals surface area contributed by atoms with Crippen LogP contribution < -0.4 is 5.43 Å². The Morgan fingerprint density at radius 1 is 1.17 bits per heavy atom. The minimum atomic E-state index is -4.49. The van der Waals surface area contributed by atoms with Crippen LogP contribution >= 0.6 is 23.1 Å². The maximum absolute atomic E-state index is 13.0. The Balaban J connectivity index is 1.58. The number of halogens is 3. The first-order valence-corrected chi connectivity index (χ1v) is 10.1. The molecule has 0 spiro atoms. The summed E-state index contributed by atoms with van der Waals surface area (Å²) in [5, 5.41) is 12.5. The Morgan fingerprint density at radius 2 is 1.90 bits per heavy atom. The minimum absolute atomic E-state index is 0.125. The minimum Gasteiger partial charge on any atom is -0.267 e. The van der Waals surface area contributed by atoms with Gasteiger partial charge in [0.15, 0.2) is 4.34 Å². The second-order valence-corrected chi connectivity index (χ2v) is 8.26. The molecule has 1 aromatic heterocycles. The smallest absolute Gasteiger partial charge is 0.267 e. The number of amides is 1. The van der Waals surface area contributed by atoms with Crippen molar-refractivity contribution in [3.8, 4) is 0 Å². The largest absolute Gasteiger partial charge is 0.417 e. The lowest BCUT2D eigenvalue weighted by Gasteiger charge is -2.09. The number of carbonyl (C=O) groups excluding carboxylic acids is 1. The zero-order valence-electron chi connectivity index (χ0n) is 15.1. The number of thioether (sulfide) groups is 1. The van der Waals surface area contributed by atoms with Crippen LogP contribution in [0, 0.1) is 6.92 Å². The summed E-state index contributed by atoms with van der Waals surface area (Å²) in [7, 11) is 0. The Hall–Kier alpha value is -2.72. The van der Waals surface area contributed by atoms with E-state index in [9.17, 15) is 18.0 Å². The Morgan fingerprint density at radius 3 is 2.55 bits per heavy atom. The molecule has 0 bridgehead atoms. The summed E-state index contributed by atoms with van der Waals surface area (Å²) < 4.78 is 39.7. The predicted octanol–water partition coefficient (Wildman–Crippen LogP) is 4.92. The molecule has 3 aromatic rings. The van der Waals surface area contributed by atoms with E-state index < -0.39 is 17.6 Å². The Kier molecular flexibility index (Phi) is 6.65. The van der Waals surface area contributed by atoms with Crippen LogP contribution in [0.4, 0.5) is 13.2 Å². The fraction of sp³-hybridized carbons (Fsp3) is 0.158. The fourth-order valence-electron chi connectivity index (χ4n) is 2.33. The maximum Gasteiger partial charge on any atom is 0.417 e. The molecule has 1 heterocycles. The van der Waals surface area contributed by atoms with E-state index in [1.54, 1.807) is 36.0 Å². The van der Waals surface area contributed by atoms with E-state index in [1.807, 2.05) is 6.92 Å². The molecule has 2 aromatic carbocycles. The van der Waals surface area contributed by atoms with E-state index >= 15 is 0 Å². The van der Waals surface area contributed by atoms with Crippen LogP contribution in [0.25, 0.3) is 0 Å². The lowest BCUT2D eigenvalue weighted by atomic mass is 10.1. The van der Waals surface area contributed by atoms with Crippen molar-refractivity contribution in [2.45, 2.75) is 23.2 Å². The van der Waals surface area contributed by atoms with Gasteiger partial charge >= 0.3 is 6.18 Å². The first kappa shape index (κ1) is 21.0. The third kappa shape index (κ3) is 5.88. The molecule has 5 nitrogen and oxygen atoms in total. The first-order chi connectivity index (χ1) is 13.8. The summed E-state index contributed by atoms with van der Waals surface area (Å²) in [5.74, 6) is 0.174. The van der Waals surface area contributed by atoms with Gasteiger partial charge in [0.25, 0.3) is 5.91 Å². The van der Waals surface area contributed by atoms with Crippen molar-refractivity contribution in [3.63, 3.8) is 0 Å². The van der Waals surface area contributed by atoms with Crippen molar-refractivity contribution >= 4 is 35.2 Å². The summed E-state index contributed by atoms with van der Waals surface area (Å²) in [5.41, 5.74) is 2.66. The summed E-state index contributed by atoms with van der Waals surface area (Å²) in [4.78, 5) is 12.1. The molecule has 1 N–H and O–H groups in total. The van der Waals surface area contributed by atoms with Crippen molar-refractivity contribution in [2.24, 2.45) is 5.10 Å². The fourth-order valence-corrected chi connectivity index (χ4v) is 4.10. The van der Waals surface area contributed by atoms with Crippen LogP contribution in [0.15, 0.2) is 58.0 Å². The zero-order valence-corrected chi connectivity index (χ0v) is 16.7. The van der Waals surface area contributed by atoms with E-state index in [0.717, 1.165) is 27.2 Å². The molecule has 29 heavy (non-hydrogen) atoms. The number of hydrogen-bond acceptors (Lipinski definition) is 6. The molecule has 0 unspecified atom stereocenters. The monoisotopic (exact) mass is 436 g/mol. The molecule has 0 fully saturated rings. The second kappa shape index (κ2) is 9.19. The zero-order chi connectivity index (χ0) is 20.9. The molecule has 1 amide bonds. The number of nitrogens with one attached hydrogen (secondary N) is 1. The average Bonchev–Trinajstić information content (AvgIpc) is 3.11. The van der Waals surface area contributed by atoms with Gasteiger partial charge in [0.2, 0.25) is 0 Å². The van der Waals surface area contributed by atoms with Gasteiger partial charge in [-0.25, -0.2) is 5.43 Å². The molecule has 10 heteroatoms. The van der Waals surface area contributed by atoms with Gasteiger partial charge in [0.1, 0.15) is 5.01 Å². The van der Waals surface area contributed by atoms with E-state index in [4.69, 9.17) is 0 Å². The Labute approximate surface area is 173 Å². The van der Waals surface area contributed by atoms with Crippen LogP contribution in [0.5, 0.6) is 0 Å². The number of nitrogens with zero attached hydrogens (tertiary/aromatic N) is 3. The third-order valence-electron chi connectivity index (χ3n) is 3.72. The number of aryl methyl sites for hydroxylation is 1. The highest BCUT2D eigenvalue weighted by Crippen LogP contribution is 2.31. The molecule has 3 rings (SSSR count). The van der Waals surface area contributed by atoms with Gasteiger partial charge in [-0.2, -0.15) is 18.3 Å². The number of alkyl halides is 3. The lowest BCUT2D eigenvalue weighted by molar-refractivity contribution is -0.137. The SMILES string of the molecule is Cc1nnc(SCc2ccc(C(=O)NN=Cc3ccccc3C(F)(F)F)cc2)s1. The molecular formula is C19H15F3N4OS2. The summed E-state index contributed by atoms with van der Waals surface area (Å²) >= 11 is 3.07. The first-order valence-electron chi connectivity index (χ1n) is 8.34. The van der Waals surface area contributed by atoms with E-state index in [2.05, 4.69) is 20.7 Å². The predicted molar refractivity (Wildman–Crippen MR) is 107 cm³/mol. The van der Waals surface area contributed by atoms with E-state index in [0.29, 0.717) is 11.3 Å². The van der Waals surface area contributed by atoms with Crippen molar-refractivity contribution in [1.29, 1.82) is 0 Å². The van der Waals surface area contributed by atoms with Crippen molar-refractivity contribution in [2.75, 3.05) is 0 Å². The van der Waals surface area contributed by atoms with Crippen LogP contribution in [0.3, 0.4) is 0 Å². The van der Waals surface area contributed by atoms with Crippen molar-refractivity contribution in [1.82, 2.24) is 15.6 Å². The van der Waals surface area contributed by atoms with Crippen molar-refractivity contribution < 1.29 is 18.0 Å². The summed E-state index contributed by atoms with van der Waals surface area (Å²) in [6, 6.07) is 11.9. The number of rotatable bonds is 6. The standard InChI is InChI=1S/C19H15F3N4OS2/c1-12-24-26-18(29-12)28-11-13-6-8-14(9-7-13)17(27)25-23-10-15-4-2-3-5-16(15)19(20,21)22/h2-10H,11H2,1H3,(H,25,27). The van der Waals surface area contributed by atoms with Crippen LogP contribution in [0.2, 0.25) is 0 Å². The number of benzene rings is 2. The molecule has 0 aliphatic heterocycles. The summed E-state index contributed by atoms with van der Waals surface area (Å²) in [6.45, 7) is 1.89. The highest BCUT2D eigenvalue weighted by molar-refractivity contribution is 8.00. The van der Waals surface area contributed by atoms with Gasteiger partial charge in [-0.15, -0.1) is 10.2 Å². The highest BCUT2D eigenvalue weighted by Gasteiger charge is 2.32. The molecule has 0 aliphatic carbocycles. The molecule has 0 saturated heterocycles. The van der Waals surface area contributed by atoms with Crippen LogP contribution in [-0.2, 0) is 11.9 Å².